The van der Waals surface area contributed by atoms with Gasteiger partial charge in [0.1, 0.15) is 0 Å². The number of fused-ring (bicyclic) bond motifs is 1. The number of hydrogen-bond acceptors (Lipinski definition) is 4. The number of benzene rings is 1. The fourth-order valence-electron chi connectivity index (χ4n) is 2.16. The van der Waals surface area contributed by atoms with Gasteiger partial charge >= 0.3 is 5.97 Å². The van der Waals surface area contributed by atoms with E-state index >= 15 is 0 Å². The van der Waals surface area contributed by atoms with Gasteiger partial charge in [0.25, 0.3) is 11.8 Å². The quantitative estimate of drug-likeness (QED) is 0.620. The normalized spacial score (nSPS) is 14.3. The smallest absolute Gasteiger partial charge is 0.330 e. The third-order valence-corrected chi connectivity index (χ3v) is 5.11. The molecule has 0 spiro atoms. The highest BCUT2D eigenvalue weighted by atomic mass is 28.3. The first-order valence-corrected chi connectivity index (χ1v) is 10.7. The molecule has 0 radical (unpaired) electrons. The fraction of sp³-hybridized carbons (Fsp3) is 0.400. The minimum Gasteiger partial charge on any atom is -0.330 e. The number of nitrogens with zero attached hydrogens (tertiary/aromatic N) is 1. The Morgan fingerprint density at radius 3 is 2.10 bits per heavy atom. The molecule has 0 aromatic heterocycles. The third kappa shape index (κ3) is 3.58. The van der Waals surface area contributed by atoms with Gasteiger partial charge in [-0.25, -0.2) is 4.79 Å². The first-order valence-electron chi connectivity index (χ1n) is 6.98. The van der Waals surface area contributed by atoms with Gasteiger partial charge in [-0.05, 0) is 18.6 Å². The zero-order chi connectivity index (χ0) is 15.6. The molecule has 0 N–H and O–H groups in total. The summed E-state index contributed by atoms with van der Waals surface area (Å²) in [5, 5.41) is 0.571. The van der Waals surface area contributed by atoms with E-state index in [4.69, 9.17) is 4.84 Å². The van der Waals surface area contributed by atoms with Gasteiger partial charge in [-0.15, -0.1) is 0 Å². The lowest BCUT2D eigenvalue weighted by Gasteiger charge is -2.16. The molecule has 1 aromatic carbocycles. The highest BCUT2D eigenvalue weighted by Crippen LogP contribution is 2.23. The highest BCUT2D eigenvalue weighted by molar-refractivity contribution is 6.76. The summed E-state index contributed by atoms with van der Waals surface area (Å²) < 4.78 is 0. The van der Waals surface area contributed by atoms with E-state index in [1.807, 2.05) is 0 Å². The van der Waals surface area contributed by atoms with Gasteiger partial charge in [-0.2, -0.15) is 0 Å². The molecule has 0 atom stereocenters. The minimum atomic E-state index is -1.20. The molecule has 0 bridgehead atoms. The first-order chi connectivity index (χ1) is 9.79. The van der Waals surface area contributed by atoms with Crippen LogP contribution < -0.4 is 0 Å². The van der Waals surface area contributed by atoms with E-state index in [0.29, 0.717) is 5.06 Å². The lowest BCUT2D eigenvalue weighted by Crippen LogP contribution is -2.32. The number of rotatable bonds is 5. The van der Waals surface area contributed by atoms with Crippen LogP contribution in [0, 0.1) is 0 Å². The van der Waals surface area contributed by atoms with Crippen molar-refractivity contribution >= 4 is 25.9 Å². The van der Waals surface area contributed by atoms with Crippen molar-refractivity contribution in [2.24, 2.45) is 0 Å². The van der Waals surface area contributed by atoms with E-state index in [9.17, 15) is 14.4 Å². The van der Waals surface area contributed by atoms with E-state index in [-0.39, 0.29) is 17.5 Å². The second kappa shape index (κ2) is 5.81. The maximum atomic E-state index is 12.0. The molecule has 2 amide bonds. The van der Waals surface area contributed by atoms with Crippen molar-refractivity contribution in [2.75, 3.05) is 0 Å². The van der Waals surface area contributed by atoms with Gasteiger partial charge in [-0.3, -0.25) is 9.59 Å². The molecule has 1 aliphatic rings. The van der Waals surface area contributed by atoms with Crippen molar-refractivity contribution in [1.29, 1.82) is 0 Å². The Bertz CT molecular complexity index is 557. The fourth-order valence-corrected chi connectivity index (χ4v) is 3.40. The van der Waals surface area contributed by atoms with Crippen molar-refractivity contribution in [3.05, 3.63) is 35.4 Å². The molecule has 21 heavy (non-hydrogen) atoms. The van der Waals surface area contributed by atoms with Crippen LogP contribution in [0.4, 0.5) is 0 Å². The van der Waals surface area contributed by atoms with E-state index < -0.39 is 25.9 Å². The van der Waals surface area contributed by atoms with Gasteiger partial charge in [-0.1, -0.05) is 42.9 Å². The monoisotopic (exact) mass is 305 g/mol. The Labute approximate surface area is 124 Å². The standard InChI is InChI=1S/C15H19NO4Si/c1-21(2,3)10-6-9-13(17)20-16-14(18)11-7-4-5-8-12(11)15(16)19/h4-5,7-8H,6,9-10H2,1-3H3. The number of amides is 2. The molecule has 0 saturated heterocycles. The molecule has 0 aliphatic carbocycles. The summed E-state index contributed by atoms with van der Waals surface area (Å²) in [6.07, 6.45) is 0.940. The van der Waals surface area contributed by atoms with Crippen molar-refractivity contribution < 1.29 is 19.2 Å². The Morgan fingerprint density at radius 1 is 1.10 bits per heavy atom. The molecule has 5 nitrogen and oxygen atoms in total. The van der Waals surface area contributed by atoms with Crippen molar-refractivity contribution in [3.63, 3.8) is 0 Å². The molecular formula is C15H19NO4Si. The Morgan fingerprint density at radius 2 is 1.62 bits per heavy atom. The molecule has 1 heterocycles. The van der Waals surface area contributed by atoms with Crippen LogP contribution in [-0.4, -0.2) is 30.9 Å². The predicted octanol–water partition coefficient (Wildman–Crippen LogP) is 2.86. The van der Waals surface area contributed by atoms with Gasteiger partial charge in [0, 0.05) is 14.5 Å². The largest absolute Gasteiger partial charge is 0.333 e. The van der Waals surface area contributed by atoms with E-state index in [0.717, 1.165) is 12.5 Å². The molecular weight excluding hydrogens is 286 g/mol. The molecule has 1 aliphatic heterocycles. The molecule has 112 valence electrons. The molecule has 0 saturated carbocycles. The lowest BCUT2D eigenvalue weighted by atomic mass is 10.1. The summed E-state index contributed by atoms with van der Waals surface area (Å²) in [6.45, 7) is 6.67. The number of hydroxylamine groups is 2. The van der Waals surface area contributed by atoms with Gasteiger partial charge in [0.05, 0.1) is 11.1 Å². The van der Waals surface area contributed by atoms with Crippen LogP contribution in [0.15, 0.2) is 24.3 Å². The summed E-state index contributed by atoms with van der Waals surface area (Å²) in [5.74, 6) is -1.69. The molecule has 1 aromatic rings. The van der Waals surface area contributed by atoms with Crippen LogP contribution in [0.5, 0.6) is 0 Å². The minimum absolute atomic E-state index is 0.220. The maximum absolute atomic E-state index is 12.0. The lowest BCUT2D eigenvalue weighted by molar-refractivity contribution is -0.168. The van der Waals surface area contributed by atoms with Crippen molar-refractivity contribution in [3.8, 4) is 0 Å². The summed E-state index contributed by atoms with van der Waals surface area (Å²) in [5.41, 5.74) is 0.551. The second-order valence-corrected chi connectivity index (χ2v) is 11.9. The van der Waals surface area contributed by atoms with Gasteiger partial charge in [0.2, 0.25) is 0 Å². The SMILES string of the molecule is C[Si](C)(C)CCCC(=O)ON1C(=O)c2ccccc2C1=O. The summed E-state index contributed by atoms with van der Waals surface area (Å²) in [4.78, 5) is 40.7. The van der Waals surface area contributed by atoms with E-state index in [1.165, 1.54) is 0 Å². The average Bonchev–Trinajstić information content (AvgIpc) is 2.63. The van der Waals surface area contributed by atoms with Crippen LogP contribution in [0.3, 0.4) is 0 Å². The van der Waals surface area contributed by atoms with Crippen molar-refractivity contribution in [2.45, 2.75) is 38.5 Å². The number of carbonyl (C=O) groups is 3. The molecule has 0 unspecified atom stereocenters. The predicted molar refractivity (Wildman–Crippen MR) is 80.4 cm³/mol. The van der Waals surface area contributed by atoms with Crippen LogP contribution in [0.25, 0.3) is 0 Å². The first kappa shape index (κ1) is 15.4. The molecule has 0 fully saturated rings. The van der Waals surface area contributed by atoms with Crippen LogP contribution in [0.2, 0.25) is 25.7 Å². The van der Waals surface area contributed by atoms with Crippen LogP contribution >= 0.6 is 0 Å². The zero-order valence-electron chi connectivity index (χ0n) is 12.5. The molecule has 6 heteroatoms. The van der Waals surface area contributed by atoms with E-state index in [2.05, 4.69) is 19.6 Å². The van der Waals surface area contributed by atoms with E-state index in [1.54, 1.807) is 24.3 Å². The molecule has 2 rings (SSSR count). The maximum Gasteiger partial charge on any atom is 0.333 e. The number of imide groups is 1. The van der Waals surface area contributed by atoms with Crippen LogP contribution in [0.1, 0.15) is 33.6 Å². The van der Waals surface area contributed by atoms with Gasteiger partial charge < -0.3 is 4.84 Å². The highest BCUT2D eigenvalue weighted by Gasteiger charge is 2.38. The topological polar surface area (TPSA) is 63.7 Å². The van der Waals surface area contributed by atoms with Gasteiger partial charge in [0.15, 0.2) is 0 Å². The summed E-state index contributed by atoms with van der Waals surface area (Å²) in [6, 6.07) is 7.44. The number of carbonyl (C=O) groups excluding carboxylic acids is 3. The van der Waals surface area contributed by atoms with Crippen molar-refractivity contribution in [1.82, 2.24) is 5.06 Å². The van der Waals surface area contributed by atoms with Crippen LogP contribution in [-0.2, 0) is 9.63 Å². The third-order valence-electron chi connectivity index (χ3n) is 3.26. The summed E-state index contributed by atoms with van der Waals surface area (Å²) in [7, 11) is -1.20. The second-order valence-electron chi connectivity index (χ2n) is 6.33. The average molecular weight is 305 g/mol. The Hall–Kier alpha value is -1.95. The number of hydrogen-bond donors (Lipinski definition) is 0. The zero-order valence-corrected chi connectivity index (χ0v) is 13.5. The summed E-state index contributed by atoms with van der Waals surface area (Å²) >= 11 is 0. The Balaban J connectivity index is 1.94. The Kier molecular flexibility index (Phi) is 4.27.